The van der Waals surface area contributed by atoms with Crippen LogP contribution in [-0.4, -0.2) is 60.4 Å². The van der Waals surface area contributed by atoms with Crippen molar-refractivity contribution >= 4 is 17.3 Å². The molecule has 0 radical (unpaired) electrons. The predicted molar refractivity (Wildman–Crippen MR) is 150 cm³/mol. The highest BCUT2D eigenvalue weighted by atomic mass is 16.5. The van der Waals surface area contributed by atoms with E-state index in [1.54, 1.807) is 49.3 Å². The van der Waals surface area contributed by atoms with Gasteiger partial charge in [-0.1, -0.05) is 0 Å². The lowest BCUT2D eigenvalue weighted by Crippen LogP contribution is -2.59. The van der Waals surface area contributed by atoms with Crippen molar-refractivity contribution in [2.24, 2.45) is 11.1 Å². The van der Waals surface area contributed by atoms with Crippen LogP contribution in [0.25, 0.3) is 11.2 Å². The summed E-state index contributed by atoms with van der Waals surface area (Å²) in [6, 6.07) is 9.14. The number of rotatable bonds is 10. The van der Waals surface area contributed by atoms with Crippen molar-refractivity contribution in [3.63, 3.8) is 0 Å². The largest absolute Gasteiger partial charge is 0.489 e. The molecule has 214 valence electrons. The molecule has 0 aliphatic heterocycles. The van der Waals surface area contributed by atoms with Gasteiger partial charge in [-0.25, -0.2) is 9.50 Å². The molecule has 6 rings (SSSR count). The average Bonchev–Trinajstić information content (AvgIpc) is 3.55. The zero-order chi connectivity index (χ0) is 28.8. The molecule has 1 spiro atoms. The molecule has 2 amide bonds. The molecule has 0 atom stereocenters. The zero-order valence-electron chi connectivity index (χ0n) is 23.1. The standard InChI is InChI=1S/C30H34N6O5/c1-29(2,39)17-40-22-4-6-25-19(15-33-36(25)16-22)9-27(37)34-20-11-30(12-20)13-23(14-30)41-26-10-21(35-8-7-32-18-35)3-5-24(26)28(31)38/h3-8,10,15-16,18,20,23,39H,9,11-14,17H2,1-2H3,(H2,31,38)(H,34,37). The number of aliphatic hydroxyl groups is 1. The minimum Gasteiger partial charge on any atom is -0.489 e. The first-order valence-electron chi connectivity index (χ1n) is 13.8. The Bertz CT molecular complexity index is 1570. The van der Waals surface area contributed by atoms with Gasteiger partial charge in [-0.2, -0.15) is 5.10 Å². The smallest absolute Gasteiger partial charge is 0.252 e. The highest BCUT2D eigenvalue weighted by Gasteiger charge is 2.54. The number of nitrogens with two attached hydrogens (primary N) is 1. The summed E-state index contributed by atoms with van der Waals surface area (Å²) in [7, 11) is 0. The van der Waals surface area contributed by atoms with E-state index >= 15 is 0 Å². The summed E-state index contributed by atoms with van der Waals surface area (Å²) in [4.78, 5) is 28.9. The number of primary amides is 1. The Morgan fingerprint density at radius 3 is 2.71 bits per heavy atom. The number of aromatic nitrogens is 4. The van der Waals surface area contributed by atoms with Crippen molar-refractivity contribution in [3.8, 4) is 17.2 Å². The zero-order valence-corrected chi connectivity index (χ0v) is 23.1. The Morgan fingerprint density at radius 1 is 1.20 bits per heavy atom. The van der Waals surface area contributed by atoms with Crippen molar-refractivity contribution in [1.29, 1.82) is 0 Å². The molecule has 11 nitrogen and oxygen atoms in total. The summed E-state index contributed by atoms with van der Waals surface area (Å²) in [5.74, 6) is 0.523. The van der Waals surface area contributed by atoms with E-state index in [9.17, 15) is 14.7 Å². The minimum atomic E-state index is -0.933. The van der Waals surface area contributed by atoms with Gasteiger partial charge >= 0.3 is 0 Å². The van der Waals surface area contributed by atoms with Crippen LogP contribution in [0.3, 0.4) is 0 Å². The van der Waals surface area contributed by atoms with Crippen molar-refractivity contribution in [3.05, 3.63) is 72.6 Å². The number of nitrogens with zero attached hydrogens (tertiary/aromatic N) is 4. The van der Waals surface area contributed by atoms with Gasteiger partial charge in [0.25, 0.3) is 5.91 Å². The SMILES string of the molecule is CC(C)(O)COc1ccc2c(CC(=O)NC3CC4(C3)CC(Oc3cc(-n5ccnc5)ccc3C(N)=O)C4)cnn2c1. The van der Waals surface area contributed by atoms with Gasteiger partial charge in [-0.3, -0.25) is 9.59 Å². The molecule has 4 aromatic rings. The third-order valence-corrected chi connectivity index (χ3v) is 7.88. The highest BCUT2D eigenvalue weighted by Crippen LogP contribution is 2.57. The molecule has 0 unspecified atom stereocenters. The summed E-state index contributed by atoms with van der Waals surface area (Å²) in [5.41, 5.74) is 7.70. The van der Waals surface area contributed by atoms with Crippen LogP contribution in [0.2, 0.25) is 0 Å². The van der Waals surface area contributed by atoms with Crippen LogP contribution >= 0.6 is 0 Å². The topological polar surface area (TPSA) is 146 Å². The van der Waals surface area contributed by atoms with E-state index in [1.807, 2.05) is 35.0 Å². The fourth-order valence-corrected chi connectivity index (χ4v) is 5.93. The van der Waals surface area contributed by atoms with Gasteiger partial charge in [-0.05, 0) is 69.2 Å². The molecule has 2 fully saturated rings. The van der Waals surface area contributed by atoms with Gasteiger partial charge in [0.15, 0.2) is 0 Å². The van der Waals surface area contributed by atoms with Crippen molar-refractivity contribution in [1.82, 2.24) is 24.5 Å². The van der Waals surface area contributed by atoms with E-state index < -0.39 is 11.5 Å². The number of ether oxygens (including phenoxy) is 2. The Labute approximate surface area is 237 Å². The van der Waals surface area contributed by atoms with Crippen LogP contribution in [0.1, 0.15) is 55.5 Å². The van der Waals surface area contributed by atoms with Gasteiger partial charge in [-0.15, -0.1) is 0 Å². The second-order valence-electron chi connectivity index (χ2n) is 12.0. The normalized spacial score (nSPS) is 21.7. The Balaban J connectivity index is 0.994. The molecule has 4 N–H and O–H groups in total. The molecule has 11 heteroatoms. The lowest BCUT2D eigenvalue weighted by atomic mass is 9.53. The summed E-state index contributed by atoms with van der Waals surface area (Å²) >= 11 is 0. The minimum absolute atomic E-state index is 0.00103. The summed E-state index contributed by atoms with van der Waals surface area (Å²) in [6.45, 7) is 3.53. The molecule has 0 saturated heterocycles. The number of carbonyl (C=O) groups is 2. The van der Waals surface area contributed by atoms with Crippen LogP contribution < -0.4 is 20.5 Å². The molecule has 0 bridgehead atoms. The van der Waals surface area contributed by atoms with Gasteiger partial charge in [0.1, 0.15) is 18.1 Å². The fraction of sp³-hybridized carbons (Fsp3) is 0.400. The molecule has 3 aromatic heterocycles. The fourth-order valence-electron chi connectivity index (χ4n) is 5.93. The molecule has 3 heterocycles. The Morgan fingerprint density at radius 2 is 2.00 bits per heavy atom. The monoisotopic (exact) mass is 558 g/mol. The lowest BCUT2D eigenvalue weighted by molar-refractivity contribution is -0.126. The number of fused-ring (bicyclic) bond motifs is 1. The number of amides is 2. The molecule has 1 aromatic carbocycles. The van der Waals surface area contributed by atoms with Gasteiger partial charge < -0.3 is 30.2 Å². The van der Waals surface area contributed by atoms with Gasteiger partial charge in [0, 0.05) is 30.1 Å². The number of carbonyl (C=O) groups excluding carboxylic acids is 2. The van der Waals surface area contributed by atoms with Crippen molar-refractivity contribution in [2.75, 3.05) is 6.61 Å². The third kappa shape index (κ3) is 5.76. The third-order valence-electron chi connectivity index (χ3n) is 7.88. The second kappa shape index (κ2) is 10.2. The summed E-state index contributed by atoms with van der Waals surface area (Å²) in [5, 5.41) is 17.4. The van der Waals surface area contributed by atoms with Crippen LogP contribution in [0.4, 0.5) is 0 Å². The van der Waals surface area contributed by atoms with E-state index in [1.165, 1.54) is 0 Å². The van der Waals surface area contributed by atoms with E-state index in [4.69, 9.17) is 15.2 Å². The van der Waals surface area contributed by atoms with E-state index in [0.717, 1.165) is 42.5 Å². The molecule has 2 aliphatic carbocycles. The number of pyridine rings is 1. The number of imidazole rings is 1. The number of nitrogens with one attached hydrogen (secondary N) is 1. The Kier molecular flexibility index (Phi) is 6.69. The van der Waals surface area contributed by atoms with Gasteiger partial charge in [0.05, 0.1) is 53.6 Å². The predicted octanol–water partition coefficient (Wildman–Crippen LogP) is 2.82. The van der Waals surface area contributed by atoms with Crippen molar-refractivity contribution in [2.45, 2.75) is 63.7 Å². The number of hydrogen-bond acceptors (Lipinski definition) is 7. The van der Waals surface area contributed by atoms with E-state index in [-0.39, 0.29) is 36.5 Å². The maximum atomic E-state index is 12.8. The Hall–Kier alpha value is -4.38. The highest BCUT2D eigenvalue weighted by molar-refractivity contribution is 5.96. The van der Waals surface area contributed by atoms with E-state index in [2.05, 4.69) is 15.4 Å². The molecule has 2 saturated carbocycles. The first kappa shape index (κ1) is 26.8. The molecular weight excluding hydrogens is 524 g/mol. The average molecular weight is 559 g/mol. The van der Waals surface area contributed by atoms with Crippen LogP contribution in [0, 0.1) is 5.41 Å². The first-order chi connectivity index (χ1) is 19.6. The number of benzene rings is 1. The van der Waals surface area contributed by atoms with E-state index in [0.29, 0.717) is 17.1 Å². The lowest BCUT2D eigenvalue weighted by Gasteiger charge is -2.57. The quantitative estimate of drug-likeness (QED) is 0.271. The van der Waals surface area contributed by atoms with Crippen LogP contribution in [0.5, 0.6) is 11.5 Å². The maximum absolute atomic E-state index is 12.8. The van der Waals surface area contributed by atoms with Crippen LogP contribution in [0.15, 0.2) is 61.4 Å². The second-order valence-corrected chi connectivity index (χ2v) is 12.0. The maximum Gasteiger partial charge on any atom is 0.252 e. The first-order valence-corrected chi connectivity index (χ1v) is 13.8. The molecular formula is C30H34N6O5. The summed E-state index contributed by atoms with van der Waals surface area (Å²) in [6.07, 6.45) is 12.5. The summed E-state index contributed by atoms with van der Waals surface area (Å²) < 4.78 is 15.4. The van der Waals surface area contributed by atoms with Crippen molar-refractivity contribution < 1.29 is 24.2 Å². The molecule has 41 heavy (non-hydrogen) atoms. The molecule has 2 aliphatic rings. The van der Waals surface area contributed by atoms with Crippen LogP contribution in [-0.2, 0) is 11.2 Å². The number of hydrogen-bond donors (Lipinski definition) is 3. The van der Waals surface area contributed by atoms with Gasteiger partial charge in [0.2, 0.25) is 5.91 Å².